The van der Waals surface area contributed by atoms with Gasteiger partial charge in [0.15, 0.2) is 5.75 Å². The Kier molecular flexibility index (Phi) is 3.38. The van der Waals surface area contributed by atoms with Crippen LogP contribution in [0.4, 0.5) is 0 Å². The molecule has 2 aromatic heterocycles. The van der Waals surface area contributed by atoms with Gasteiger partial charge in [-0.3, -0.25) is 4.98 Å². The molecule has 4 heteroatoms. The molecule has 3 aromatic rings. The number of ether oxygens (including phenoxy) is 1. The summed E-state index contributed by atoms with van der Waals surface area (Å²) in [5.41, 5.74) is 1.83. The standard InChI is InChI=1S/C15H12ClNO2/c16-6-14-15(13-10-18-9-12(13)7-17-14)19-8-11-4-2-1-3-5-11/h1-5,7,9-10H,6,8H2. The zero-order chi connectivity index (χ0) is 13.1. The number of furan rings is 1. The van der Waals surface area contributed by atoms with E-state index in [2.05, 4.69) is 4.98 Å². The minimum Gasteiger partial charge on any atom is -0.486 e. The molecule has 0 spiro atoms. The first-order valence-corrected chi connectivity index (χ1v) is 6.48. The molecule has 3 nitrogen and oxygen atoms in total. The van der Waals surface area contributed by atoms with Gasteiger partial charge in [-0.2, -0.15) is 0 Å². The number of hydrogen-bond donors (Lipinski definition) is 0. The largest absolute Gasteiger partial charge is 0.486 e. The van der Waals surface area contributed by atoms with E-state index in [0.29, 0.717) is 18.2 Å². The molecule has 96 valence electrons. The number of hydrogen-bond acceptors (Lipinski definition) is 3. The number of rotatable bonds is 4. The SMILES string of the molecule is ClCc1ncc2cocc2c1OCc1ccccc1. The monoisotopic (exact) mass is 273 g/mol. The van der Waals surface area contributed by atoms with Crippen LogP contribution in [0, 0.1) is 0 Å². The molecule has 0 aliphatic carbocycles. The van der Waals surface area contributed by atoms with Gasteiger partial charge in [0.25, 0.3) is 0 Å². The summed E-state index contributed by atoms with van der Waals surface area (Å²) >= 11 is 5.91. The second-order valence-electron chi connectivity index (χ2n) is 4.18. The molecule has 0 saturated heterocycles. The molecule has 1 aromatic carbocycles. The van der Waals surface area contributed by atoms with Gasteiger partial charge in [0.1, 0.15) is 12.9 Å². The quantitative estimate of drug-likeness (QED) is 0.670. The normalized spacial score (nSPS) is 10.8. The van der Waals surface area contributed by atoms with Crippen LogP contribution in [0.25, 0.3) is 10.8 Å². The molecule has 0 radical (unpaired) electrons. The minimum atomic E-state index is 0.311. The summed E-state index contributed by atoms with van der Waals surface area (Å²) in [6, 6.07) is 9.98. The summed E-state index contributed by atoms with van der Waals surface area (Å²) in [5.74, 6) is 1.01. The van der Waals surface area contributed by atoms with E-state index in [-0.39, 0.29) is 0 Å². The van der Waals surface area contributed by atoms with Crippen molar-refractivity contribution in [2.45, 2.75) is 12.5 Å². The van der Waals surface area contributed by atoms with Crippen LogP contribution in [0.3, 0.4) is 0 Å². The number of fused-ring (bicyclic) bond motifs is 1. The van der Waals surface area contributed by atoms with E-state index >= 15 is 0 Å². The molecule has 0 saturated carbocycles. The molecule has 0 bridgehead atoms. The Balaban J connectivity index is 1.92. The lowest BCUT2D eigenvalue weighted by Gasteiger charge is -2.10. The highest BCUT2D eigenvalue weighted by molar-refractivity contribution is 6.17. The predicted molar refractivity (Wildman–Crippen MR) is 74.3 cm³/mol. The fourth-order valence-corrected chi connectivity index (χ4v) is 2.13. The molecular weight excluding hydrogens is 262 g/mol. The van der Waals surface area contributed by atoms with E-state index in [1.165, 1.54) is 0 Å². The Morgan fingerprint density at radius 3 is 2.79 bits per heavy atom. The smallest absolute Gasteiger partial charge is 0.153 e. The van der Waals surface area contributed by atoms with E-state index in [1.54, 1.807) is 18.7 Å². The number of halogens is 1. The van der Waals surface area contributed by atoms with Crippen molar-refractivity contribution in [1.29, 1.82) is 0 Å². The van der Waals surface area contributed by atoms with Crippen LogP contribution in [0.15, 0.2) is 53.5 Å². The predicted octanol–water partition coefficient (Wildman–Crippen LogP) is 4.15. The highest BCUT2D eigenvalue weighted by Gasteiger charge is 2.11. The Bertz CT molecular complexity index is 679. The maximum atomic E-state index is 5.91. The summed E-state index contributed by atoms with van der Waals surface area (Å²) in [4.78, 5) is 4.29. The molecule has 0 atom stereocenters. The molecule has 0 unspecified atom stereocenters. The van der Waals surface area contributed by atoms with Crippen molar-refractivity contribution < 1.29 is 9.15 Å². The zero-order valence-electron chi connectivity index (χ0n) is 10.2. The summed E-state index contributed by atoms with van der Waals surface area (Å²) < 4.78 is 11.1. The van der Waals surface area contributed by atoms with Crippen LogP contribution >= 0.6 is 11.6 Å². The second-order valence-corrected chi connectivity index (χ2v) is 4.45. The first kappa shape index (κ1) is 12.1. The Labute approximate surface area is 115 Å². The van der Waals surface area contributed by atoms with Crippen molar-refractivity contribution in [3.63, 3.8) is 0 Å². The number of benzene rings is 1. The molecule has 0 N–H and O–H groups in total. The molecule has 0 aliphatic rings. The van der Waals surface area contributed by atoms with Crippen LogP contribution < -0.4 is 4.74 Å². The van der Waals surface area contributed by atoms with Gasteiger partial charge in [0, 0.05) is 11.6 Å². The summed E-state index contributed by atoms with van der Waals surface area (Å²) in [5, 5.41) is 1.82. The maximum Gasteiger partial charge on any atom is 0.153 e. The first-order valence-electron chi connectivity index (χ1n) is 5.95. The van der Waals surface area contributed by atoms with Crippen LogP contribution in [0.2, 0.25) is 0 Å². The Hall–Kier alpha value is -2.00. The van der Waals surface area contributed by atoms with Crippen molar-refractivity contribution >= 4 is 22.4 Å². The maximum absolute atomic E-state index is 5.91. The topological polar surface area (TPSA) is 35.3 Å². The van der Waals surface area contributed by atoms with Crippen molar-refractivity contribution in [1.82, 2.24) is 4.98 Å². The van der Waals surface area contributed by atoms with Crippen LogP contribution in [-0.2, 0) is 12.5 Å². The van der Waals surface area contributed by atoms with E-state index in [9.17, 15) is 0 Å². The van der Waals surface area contributed by atoms with Gasteiger partial charge < -0.3 is 9.15 Å². The molecule has 2 heterocycles. The molecular formula is C15H12ClNO2. The Morgan fingerprint density at radius 1 is 1.16 bits per heavy atom. The third-order valence-corrected chi connectivity index (χ3v) is 3.16. The fourth-order valence-electron chi connectivity index (χ4n) is 1.94. The van der Waals surface area contributed by atoms with E-state index in [1.807, 2.05) is 30.3 Å². The highest BCUT2D eigenvalue weighted by Crippen LogP contribution is 2.30. The van der Waals surface area contributed by atoms with Crippen LogP contribution in [-0.4, -0.2) is 4.98 Å². The van der Waals surface area contributed by atoms with Crippen LogP contribution in [0.1, 0.15) is 11.3 Å². The highest BCUT2D eigenvalue weighted by atomic mass is 35.5. The number of aromatic nitrogens is 1. The van der Waals surface area contributed by atoms with Crippen molar-refractivity contribution in [2.24, 2.45) is 0 Å². The first-order chi connectivity index (χ1) is 9.38. The molecule has 3 rings (SSSR count). The Morgan fingerprint density at radius 2 is 2.00 bits per heavy atom. The van der Waals surface area contributed by atoms with Gasteiger partial charge in [0.05, 0.1) is 23.2 Å². The fraction of sp³-hybridized carbons (Fsp3) is 0.133. The summed E-state index contributed by atoms with van der Waals surface area (Å²) in [6.07, 6.45) is 5.05. The lowest BCUT2D eigenvalue weighted by atomic mass is 10.2. The van der Waals surface area contributed by atoms with Gasteiger partial charge >= 0.3 is 0 Å². The van der Waals surface area contributed by atoms with Crippen molar-refractivity contribution in [3.8, 4) is 5.75 Å². The lowest BCUT2D eigenvalue weighted by Crippen LogP contribution is -1.99. The van der Waals surface area contributed by atoms with Gasteiger partial charge in [-0.15, -0.1) is 11.6 Å². The van der Waals surface area contributed by atoms with Crippen molar-refractivity contribution in [3.05, 3.63) is 60.3 Å². The average molecular weight is 274 g/mol. The zero-order valence-corrected chi connectivity index (χ0v) is 10.9. The number of nitrogens with zero attached hydrogens (tertiary/aromatic N) is 1. The minimum absolute atomic E-state index is 0.311. The molecule has 19 heavy (non-hydrogen) atoms. The third-order valence-electron chi connectivity index (χ3n) is 2.91. The van der Waals surface area contributed by atoms with Gasteiger partial charge in [0.2, 0.25) is 0 Å². The van der Waals surface area contributed by atoms with E-state index < -0.39 is 0 Å². The average Bonchev–Trinajstić information content (AvgIpc) is 2.94. The van der Waals surface area contributed by atoms with Crippen molar-refractivity contribution in [2.75, 3.05) is 0 Å². The third kappa shape index (κ3) is 2.42. The van der Waals surface area contributed by atoms with Gasteiger partial charge in [-0.25, -0.2) is 0 Å². The molecule has 0 aliphatic heterocycles. The van der Waals surface area contributed by atoms with Gasteiger partial charge in [-0.05, 0) is 5.56 Å². The second kappa shape index (κ2) is 5.33. The number of alkyl halides is 1. The summed E-state index contributed by atoms with van der Waals surface area (Å²) in [7, 11) is 0. The molecule has 0 fully saturated rings. The lowest BCUT2D eigenvalue weighted by molar-refractivity contribution is 0.306. The molecule has 0 amide bonds. The van der Waals surface area contributed by atoms with E-state index in [4.69, 9.17) is 20.8 Å². The summed E-state index contributed by atoms with van der Waals surface area (Å²) in [6.45, 7) is 0.483. The van der Waals surface area contributed by atoms with Gasteiger partial charge in [-0.1, -0.05) is 30.3 Å². The number of pyridine rings is 1. The van der Waals surface area contributed by atoms with E-state index in [0.717, 1.165) is 22.0 Å². The van der Waals surface area contributed by atoms with Crippen LogP contribution in [0.5, 0.6) is 5.75 Å².